The molecule has 0 amide bonds. The van der Waals surface area contributed by atoms with Crippen molar-refractivity contribution in [1.29, 1.82) is 0 Å². The summed E-state index contributed by atoms with van der Waals surface area (Å²) in [6, 6.07) is 0. The molecule has 0 saturated heterocycles. The van der Waals surface area contributed by atoms with Gasteiger partial charge in [-0.25, -0.2) is 0 Å². The van der Waals surface area contributed by atoms with Crippen LogP contribution in [0.2, 0.25) is 0 Å². The van der Waals surface area contributed by atoms with Crippen LogP contribution in [0.15, 0.2) is 70.6 Å². The number of aliphatic hydroxyl groups is 1. The molecular weight excluding hydrogens is 264 g/mol. The van der Waals surface area contributed by atoms with E-state index in [1.54, 1.807) is 24.3 Å². The van der Waals surface area contributed by atoms with Gasteiger partial charge in [0.1, 0.15) is 5.76 Å². The maximum atomic E-state index is 11.9. The second-order valence-electron chi connectivity index (χ2n) is 6.27. The van der Waals surface area contributed by atoms with Crippen LogP contribution < -0.4 is 0 Å². The van der Waals surface area contributed by atoms with Gasteiger partial charge in [-0.1, -0.05) is 26.0 Å². The van der Waals surface area contributed by atoms with E-state index in [1.165, 1.54) is 6.08 Å². The van der Waals surface area contributed by atoms with Crippen molar-refractivity contribution in [3.63, 3.8) is 0 Å². The average molecular weight is 278 g/mol. The van der Waals surface area contributed by atoms with Crippen LogP contribution in [0.3, 0.4) is 0 Å². The van der Waals surface area contributed by atoms with Gasteiger partial charge in [-0.05, 0) is 47.1 Å². The lowest BCUT2D eigenvalue weighted by atomic mass is 9.46. The third kappa shape index (κ3) is 1.20. The van der Waals surface area contributed by atoms with Gasteiger partial charge >= 0.3 is 0 Å². The van der Waals surface area contributed by atoms with Gasteiger partial charge in [-0.15, -0.1) is 0 Å². The lowest BCUT2D eigenvalue weighted by Crippen LogP contribution is -2.49. The molecule has 0 bridgehead atoms. The van der Waals surface area contributed by atoms with Gasteiger partial charge < -0.3 is 5.11 Å². The second kappa shape index (κ2) is 3.42. The van der Waals surface area contributed by atoms with E-state index >= 15 is 0 Å². The molecule has 0 aliphatic heterocycles. The third-order valence-corrected chi connectivity index (χ3v) is 5.46. The Hall–Kier alpha value is -2.42. The molecular formula is C18H14O3. The lowest BCUT2D eigenvalue weighted by molar-refractivity contribution is -0.112. The molecule has 4 rings (SSSR count). The maximum Gasteiger partial charge on any atom is 0.179 e. The molecule has 104 valence electrons. The summed E-state index contributed by atoms with van der Waals surface area (Å²) in [5, 5.41) is 10.4. The van der Waals surface area contributed by atoms with Crippen molar-refractivity contribution >= 4 is 11.6 Å². The van der Waals surface area contributed by atoms with Crippen molar-refractivity contribution in [2.24, 2.45) is 10.8 Å². The Balaban J connectivity index is 2.17. The summed E-state index contributed by atoms with van der Waals surface area (Å²) in [5.41, 5.74) is 2.26. The highest BCUT2D eigenvalue weighted by Gasteiger charge is 2.58. The van der Waals surface area contributed by atoms with E-state index in [0.717, 1.165) is 16.7 Å². The second-order valence-corrected chi connectivity index (χ2v) is 6.27. The number of rotatable bonds is 0. The van der Waals surface area contributed by atoms with Crippen LogP contribution in [0.5, 0.6) is 0 Å². The summed E-state index contributed by atoms with van der Waals surface area (Å²) in [7, 11) is 0. The minimum absolute atomic E-state index is 0.0680. The van der Waals surface area contributed by atoms with Gasteiger partial charge in [0.05, 0.1) is 0 Å². The van der Waals surface area contributed by atoms with E-state index in [2.05, 4.69) is 6.92 Å². The first-order valence-electron chi connectivity index (χ1n) is 6.93. The van der Waals surface area contributed by atoms with Crippen LogP contribution in [0.1, 0.15) is 13.8 Å². The van der Waals surface area contributed by atoms with Crippen molar-refractivity contribution in [2.75, 3.05) is 0 Å². The molecule has 21 heavy (non-hydrogen) atoms. The molecule has 4 aliphatic rings. The summed E-state index contributed by atoms with van der Waals surface area (Å²) in [4.78, 5) is 23.8. The Bertz CT molecular complexity index is 813. The number of allylic oxidation sites excluding steroid dienone is 11. The normalized spacial score (nSPS) is 36.2. The number of hydrogen-bond donors (Lipinski definition) is 1. The molecule has 0 spiro atoms. The molecule has 0 aromatic carbocycles. The largest absolute Gasteiger partial charge is 0.508 e. The fourth-order valence-electron chi connectivity index (χ4n) is 4.07. The van der Waals surface area contributed by atoms with Crippen molar-refractivity contribution in [1.82, 2.24) is 0 Å². The molecule has 0 heterocycles. The maximum absolute atomic E-state index is 11.9. The Morgan fingerprint density at radius 2 is 1.29 bits per heavy atom. The summed E-state index contributed by atoms with van der Waals surface area (Å²) < 4.78 is 0. The average Bonchev–Trinajstić information content (AvgIpc) is 2.40. The summed E-state index contributed by atoms with van der Waals surface area (Å²) in [5.74, 6) is -0.108. The first kappa shape index (κ1) is 12.3. The molecule has 0 radical (unpaired) electrons. The van der Waals surface area contributed by atoms with Gasteiger partial charge in [0.25, 0.3) is 0 Å². The van der Waals surface area contributed by atoms with Gasteiger partial charge in [-0.3, -0.25) is 9.59 Å². The zero-order valence-corrected chi connectivity index (χ0v) is 11.8. The molecule has 0 aromatic heterocycles. The number of carbonyl (C=O) groups excluding carboxylic acids is 2. The van der Waals surface area contributed by atoms with E-state index in [4.69, 9.17) is 0 Å². The van der Waals surface area contributed by atoms with Crippen LogP contribution in [0.4, 0.5) is 0 Å². The molecule has 0 aromatic rings. The number of carbonyl (C=O) groups is 2. The molecule has 1 N–H and O–H groups in total. The zero-order chi connectivity index (χ0) is 15.0. The monoisotopic (exact) mass is 278 g/mol. The van der Waals surface area contributed by atoms with E-state index in [9.17, 15) is 14.7 Å². The Kier molecular flexibility index (Phi) is 2.01. The van der Waals surface area contributed by atoms with Gasteiger partial charge in [0.15, 0.2) is 11.6 Å². The predicted molar refractivity (Wildman–Crippen MR) is 78.4 cm³/mol. The Morgan fingerprint density at radius 3 is 1.95 bits per heavy atom. The fraction of sp³-hybridized carbons (Fsp3) is 0.222. The first-order valence-corrected chi connectivity index (χ1v) is 6.93. The molecule has 2 atom stereocenters. The highest BCUT2D eigenvalue weighted by molar-refractivity contribution is 6.06. The predicted octanol–water partition coefficient (Wildman–Crippen LogP) is 2.90. The minimum atomic E-state index is -0.535. The molecule has 0 unspecified atom stereocenters. The lowest BCUT2D eigenvalue weighted by Gasteiger charge is -2.56. The van der Waals surface area contributed by atoms with Crippen molar-refractivity contribution < 1.29 is 14.7 Å². The van der Waals surface area contributed by atoms with Crippen LogP contribution in [0.25, 0.3) is 0 Å². The van der Waals surface area contributed by atoms with Gasteiger partial charge in [0.2, 0.25) is 0 Å². The first-order chi connectivity index (χ1) is 9.87. The van der Waals surface area contributed by atoms with Gasteiger partial charge in [-0.2, -0.15) is 0 Å². The molecule has 0 fully saturated rings. The quantitative estimate of drug-likeness (QED) is 0.741. The number of hydrogen-bond acceptors (Lipinski definition) is 3. The molecule has 3 heteroatoms. The molecule has 4 aliphatic carbocycles. The van der Waals surface area contributed by atoms with Crippen LogP contribution in [-0.2, 0) is 9.59 Å². The van der Waals surface area contributed by atoms with Crippen molar-refractivity contribution in [3.05, 3.63) is 70.6 Å². The Morgan fingerprint density at radius 1 is 0.762 bits per heavy atom. The fourth-order valence-corrected chi connectivity index (χ4v) is 4.07. The van der Waals surface area contributed by atoms with Crippen molar-refractivity contribution in [2.45, 2.75) is 13.8 Å². The SMILES string of the molecule is C[C@]12C3=CC(=O)C=C1C=C(O)C1=CC(=O)C=C(C=C3)[C@]12C. The summed E-state index contributed by atoms with van der Waals surface area (Å²) in [6.07, 6.45) is 11.8. The van der Waals surface area contributed by atoms with Crippen LogP contribution in [-0.4, -0.2) is 16.7 Å². The number of ketones is 2. The summed E-state index contributed by atoms with van der Waals surface area (Å²) >= 11 is 0. The van der Waals surface area contributed by atoms with E-state index in [1.807, 2.05) is 19.1 Å². The van der Waals surface area contributed by atoms with E-state index < -0.39 is 10.8 Å². The third-order valence-electron chi connectivity index (χ3n) is 5.46. The van der Waals surface area contributed by atoms with Crippen LogP contribution in [0, 0.1) is 10.8 Å². The highest BCUT2D eigenvalue weighted by Crippen LogP contribution is 2.65. The van der Waals surface area contributed by atoms with E-state index in [-0.39, 0.29) is 17.3 Å². The highest BCUT2D eigenvalue weighted by atomic mass is 16.3. The topological polar surface area (TPSA) is 54.4 Å². The van der Waals surface area contributed by atoms with E-state index in [0.29, 0.717) is 5.57 Å². The smallest absolute Gasteiger partial charge is 0.179 e. The Labute approximate surface area is 122 Å². The van der Waals surface area contributed by atoms with Gasteiger partial charge in [0, 0.05) is 16.4 Å². The molecule has 3 nitrogen and oxygen atoms in total. The minimum Gasteiger partial charge on any atom is -0.508 e. The number of aliphatic hydroxyl groups excluding tert-OH is 1. The molecule has 0 saturated carbocycles. The van der Waals surface area contributed by atoms with Crippen LogP contribution >= 0.6 is 0 Å². The van der Waals surface area contributed by atoms with Crippen molar-refractivity contribution in [3.8, 4) is 0 Å². The summed E-state index contributed by atoms with van der Waals surface area (Å²) in [6.45, 7) is 4.10. The zero-order valence-electron chi connectivity index (χ0n) is 11.8. The standard InChI is InChI=1S/C18H14O3/c1-17-10-3-4-11-6-14(20)9-15(18(11,17)2)16(21)8-12(17)7-13(19)5-10/h3-9,21H,1-2H3/t17-,18+/m0/s1.